The Morgan fingerprint density at radius 3 is 1.43 bits per heavy atom. The maximum Gasteiger partial charge on any atom is 0.249 e. The van der Waals surface area contributed by atoms with Crippen molar-refractivity contribution in [1.29, 1.82) is 0 Å². The molecule has 0 rings (SSSR count). The van der Waals surface area contributed by atoms with Crippen LogP contribution in [0.1, 0.15) is 181 Å². The molecular weight excluding hydrogens is 526 g/mol. The van der Waals surface area contributed by atoms with Gasteiger partial charge in [0.1, 0.15) is 12.2 Å². The Hall–Kier alpha value is -0.950. The molecule has 0 aromatic rings. The minimum Gasteiger partial charge on any atom is -0.394 e. The van der Waals surface area contributed by atoms with E-state index in [9.17, 15) is 25.2 Å². The van der Waals surface area contributed by atoms with Crippen molar-refractivity contribution in [3.63, 3.8) is 0 Å². The van der Waals surface area contributed by atoms with Gasteiger partial charge in [-0.1, -0.05) is 154 Å². The van der Waals surface area contributed by atoms with Gasteiger partial charge in [-0.3, -0.25) is 4.79 Å². The normalized spacial score (nSPS) is 14.7. The van der Waals surface area contributed by atoms with Gasteiger partial charge in [0.25, 0.3) is 0 Å². The Bertz CT molecular complexity index is 599. The lowest BCUT2D eigenvalue weighted by molar-refractivity contribution is -0.132. The maximum absolute atomic E-state index is 12.4. The largest absolute Gasteiger partial charge is 0.394 e. The second-order valence-corrected chi connectivity index (χ2v) is 12.6. The summed E-state index contributed by atoms with van der Waals surface area (Å²) >= 11 is 0. The Balaban J connectivity index is 3.87. The van der Waals surface area contributed by atoms with Gasteiger partial charge >= 0.3 is 0 Å². The molecule has 0 aliphatic rings. The summed E-state index contributed by atoms with van der Waals surface area (Å²) in [6, 6.07) is -0.994. The molecule has 0 saturated carbocycles. The van der Waals surface area contributed by atoms with Gasteiger partial charge in [-0.05, 0) is 38.5 Å². The SMILES string of the molecule is CCCCCCCCCCCC/C=C/CCCC(O)C(O)C(CO)NC(=O)C(O)CCCCCCCCCCCCC. The average Bonchev–Trinajstić information content (AvgIpc) is 2.99. The summed E-state index contributed by atoms with van der Waals surface area (Å²) in [5, 5.41) is 43.3. The first-order valence-corrected chi connectivity index (χ1v) is 18.1. The van der Waals surface area contributed by atoms with Crippen LogP contribution < -0.4 is 5.32 Å². The second-order valence-electron chi connectivity index (χ2n) is 12.6. The molecule has 1 amide bonds. The third-order valence-electron chi connectivity index (χ3n) is 8.48. The zero-order chi connectivity index (χ0) is 31.1. The van der Waals surface area contributed by atoms with Gasteiger partial charge in [0.2, 0.25) is 5.91 Å². The average molecular weight is 598 g/mol. The number of allylic oxidation sites excluding steroid dienone is 2. The third-order valence-corrected chi connectivity index (χ3v) is 8.48. The summed E-state index contributed by atoms with van der Waals surface area (Å²) in [6.07, 6.45) is 30.9. The van der Waals surface area contributed by atoms with Gasteiger partial charge in [0.15, 0.2) is 0 Å². The van der Waals surface area contributed by atoms with Gasteiger partial charge in [0, 0.05) is 0 Å². The summed E-state index contributed by atoms with van der Waals surface area (Å²) in [5.41, 5.74) is 0. The fraction of sp³-hybridized carbons (Fsp3) is 0.917. The molecule has 250 valence electrons. The molecule has 0 aromatic heterocycles. The minimum atomic E-state index is -1.27. The summed E-state index contributed by atoms with van der Waals surface area (Å²) < 4.78 is 0. The zero-order valence-electron chi connectivity index (χ0n) is 27.8. The molecule has 0 heterocycles. The molecular formula is C36H71NO5. The highest BCUT2D eigenvalue weighted by atomic mass is 16.3. The van der Waals surface area contributed by atoms with Gasteiger partial charge in [0.05, 0.1) is 18.8 Å². The molecule has 42 heavy (non-hydrogen) atoms. The smallest absolute Gasteiger partial charge is 0.249 e. The van der Waals surface area contributed by atoms with E-state index in [1.165, 1.54) is 116 Å². The number of hydrogen-bond donors (Lipinski definition) is 5. The first-order valence-electron chi connectivity index (χ1n) is 18.1. The predicted molar refractivity (Wildman–Crippen MR) is 178 cm³/mol. The molecule has 0 aliphatic heterocycles. The molecule has 4 atom stereocenters. The Kier molecular flexibility index (Phi) is 30.8. The van der Waals surface area contributed by atoms with Crippen molar-refractivity contribution >= 4 is 5.91 Å². The van der Waals surface area contributed by atoms with Crippen molar-refractivity contribution in [3.05, 3.63) is 12.2 Å². The molecule has 0 radical (unpaired) electrons. The van der Waals surface area contributed by atoms with E-state index in [0.29, 0.717) is 12.8 Å². The minimum absolute atomic E-state index is 0.366. The second kappa shape index (κ2) is 31.5. The van der Waals surface area contributed by atoms with Crippen LogP contribution >= 0.6 is 0 Å². The maximum atomic E-state index is 12.4. The number of rotatable bonds is 32. The highest BCUT2D eigenvalue weighted by Gasteiger charge is 2.28. The Morgan fingerprint density at radius 1 is 0.571 bits per heavy atom. The van der Waals surface area contributed by atoms with Crippen molar-refractivity contribution in [2.24, 2.45) is 0 Å². The molecule has 5 N–H and O–H groups in total. The zero-order valence-corrected chi connectivity index (χ0v) is 27.8. The standard InChI is InChI=1S/C36H71NO5/c1-3-5-7-9-11-13-15-16-17-18-20-21-23-25-27-29-33(39)35(41)32(31-38)37-36(42)34(40)30-28-26-24-22-19-14-12-10-8-6-4-2/h21,23,32-35,38-41H,3-20,22,24-31H2,1-2H3,(H,37,42)/b23-21+. The number of hydrogen-bond acceptors (Lipinski definition) is 5. The lowest BCUT2D eigenvalue weighted by Gasteiger charge is -2.27. The van der Waals surface area contributed by atoms with Crippen LogP contribution in [0.2, 0.25) is 0 Å². The van der Waals surface area contributed by atoms with Crippen LogP contribution in [0.25, 0.3) is 0 Å². The summed E-state index contributed by atoms with van der Waals surface area (Å²) in [4.78, 5) is 12.4. The van der Waals surface area contributed by atoms with Crippen molar-refractivity contribution < 1.29 is 25.2 Å². The molecule has 0 aromatic carbocycles. The van der Waals surface area contributed by atoms with Crippen LogP contribution in [0.15, 0.2) is 12.2 Å². The monoisotopic (exact) mass is 598 g/mol. The van der Waals surface area contributed by atoms with Crippen LogP contribution in [0.3, 0.4) is 0 Å². The van der Waals surface area contributed by atoms with Crippen LogP contribution in [0.4, 0.5) is 0 Å². The molecule has 6 heteroatoms. The highest BCUT2D eigenvalue weighted by molar-refractivity contribution is 5.80. The molecule has 4 unspecified atom stereocenters. The van der Waals surface area contributed by atoms with E-state index in [0.717, 1.165) is 38.5 Å². The van der Waals surface area contributed by atoms with Gasteiger partial charge in [-0.15, -0.1) is 0 Å². The number of carbonyl (C=O) groups excluding carboxylic acids is 1. The van der Waals surface area contributed by atoms with Crippen LogP contribution in [-0.4, -0.2) is 57.3 Å². The van der Waals surface area contributed by atoms with E-state index >= 15 is 0 Å². The van der Waals surface area contributed by atoms with Crippen molar-refractivity contribution in [1.82, 2.24) is 5.32 Å². The number of unbranched alkanes of at least 4 members (excludes halogenated alkanes) is 21. The summed E-state index contributed by atoms with van der Waals surface area (Å²) in [7, 11) is 0. The van der Waals surface area contributed by atoms with E-state index in [1.807, 2.05) is 0 Å². The molecule has 0 aliphatic carbocycles. The number of carbonyl (C=O) groups is 1. The van der Waals surface area contributed by atoms with Crippen molar-refractivity contribution in [2.75, 3.05) is 6.61 Å². The number of aliphatic hydroxyl groups excluding tert-OH is 4. The summed E-state index contributed by atoms with van der Waals surface area (Å²) in [6.45, 7) is 4.00. The topological polar surface area (TPSA) is 110 Å². The lowest BCUT2D eigenvalue weighted by atomic mass is 10.00. The number of nitrogens with one attached hydrogen (secondary N) is 1. The first kappa shape index (κ1) is 41.0. The van der Waals surface area contributed by atoms with Gasteiger partial charge in [-0.2, -0.15) is 0 Å². The molecule has 0 saturated heterocycles. The van der Waals surface area contributed by atoms with E-state index in [1.54, 1.807) is 0 Å². The first-order chi connectivity index (χ1) is 20.5. The number of amides is 1. The fourth-order valence-corrected chi connectivity index (χ4v) is 5.52. The Labute approximate surface area is 260 Å². The van der Waals surface area contributed by atoms with E-state index in [4.69, 9.17) is 0 Å². The van der Waals surface area contributed by atoms with Crippen LogP contribution in [0.5, 0.6) is 0 Å². The quantitative estimate of drug-likeness (QED) is 0.0396. The fourth-order valence-electron chi connectivity index (χ4n) is 5.52. The lowest BCUT2D eigenvalue weighted by Crippen LogP contribution is -2.53. The third kappa shape index (κ3) is 25.5. The van der Waals surface area contributed by atoms with E-state index < -0.39 is 36.9 Å². The van der Waals surface area contributed by atoms with Crippen LogP contribution in [0, 0.1) is 0 Å². The molecule has 0 spiro atoms. The number of aliphatic hydroxyl groups is 4. The van der Waals surface area contributed by atoms with Gasteiger partial charge in [-0.25, -0.2) is 0 Å². The predicted octanol–water partition coefficient (Wildman–Crippen LogP) is 8.28. The molecule has 6 nitrogen and oxygen atoms in total. The van der Waals surface area contributed by atoms with Gasteiger partial charge < -0.3 is 25.7 Å². The van der Waals surface area contributed by atoms with Crippen molar-refractivity contribution in [2.45, 2.75) is 205 Å². The van der Waals surface area contributed by atoms with E-state index in [2.05, 4.69) is 31.3 Å². The summed E-state index contributed by atoms with van der Waals surface area (Å²) in [5.74, 6) is -0.595. The molecule has 0 bridgehead atoms. The van der Waals surface area contributed by atoms with Crippen LogP contribution in [-0.2, 0) is 4.79 Å². The van der Waals surface area contributed by atoms with Crippen molar-refractivity contribution in [3.8, 4) is 0 Å². The highest BCUT2D eigenvalue weighted by Crippen LogP contribution is 2.15. The van der Waals surface area contributed by atoms with E-state index in [-0.39, 0.29) is 0 Å². The Morgan fingerprint density at radius 2 is 0.976 bits per heavy atom. The molecule has 0 fully saturated rings.